The first-order valence-electron chi connectivity index (χ1n) is 5.85. The average Bonchev–Trinajstić information content (AvgIpc) is 2.99. The van der Waals surface area contributed by atoms with Gasteiger partial charge in [-0.3, -0.25) is 5.10 Å². The Morgan fingerprint density at radius 2 is 2.17 bits per heavy atom. The van der Waals surface area contributed by atoms with Gasteiger partial charge in [0.2, 0.25) is 0 Å². The number of hydrogen-bond donors (Lipinski definition) is 2. The topological polar surface area (TPSA) is 53.6 Å². The number of rotatable bonds is 2. The summed E-state index contributed by atoms with van der Waals surface area (Å²) in [7, 11) is 0. The lowest BCUT2D eigenvalue weighted by Crippen LogP contribution is -2.14. The number of aromatic nitrogens is 3. The molecule has 6 heteroatoms. The van der Waals surface area contributed by atoms with Crippen molar-refractivity contribution in [2.24, 2.45) is 0 Å². The number of H-pyrrole nitrogens is 1. The molecule has 1 aromatic heterocycles. The van der Waals surface area contributed by atoms with Crippen molar-refractivity contribution < 1.29 is 8.78 Å². The molecule has 2 heterocycles. The maximum Gasteiger partial charge on any atom is 0.184 e. The summed E-state index contributed by atoms with van der Waals surface area (Å²) in [5.74, 6) is -0.299. The quantitative estimate of drug-likeness (QED) is 0.858. The minimum absolute atomic E-state index is 0.148. The molecule has 1 aliphatic heterocycles. The number of halogens is 2. The maximum absolute atomic E-state index is 13.6. The van der Waals surface area contributed by atoms with Crippen LogP contribution in [0.1, 0.15) is 24.7 Å². The predicted molar refractivity (Wildman–Crippen MR) is 61.7 cm³/mol. The van der Waals surface area contributed by atoms with E-state index in [1.165, 1.54) is 12.1 Å². The van der Waals surface area contributed by atoms with E-state index in [0.29, 0.717) is 5.82 Å². The molecular formula is C12H12F2N4. The number of benzene rings is 1. The van der Waals surface area contributed by atoms with Crippen molar-refractivity contribution in [3.63, 3.8) is 0 Å². The molecule has 1 aliphatic rings. The Morgan fingerprint density at radius 3 is 2.89 bits per heavy atom. The molecule has 2 aromatic rings. The highest BCUT2D eigenvalue weighted by molar-refractivity contribution is 5.55. The minimum atomic E-state index is -0.653. The van der Waals surface area contributed by atoms with E-state index < -0.39 is 11.6 Å². The SMILES string of the molecule is Fc1ccc(-c2n[nH]c(C3CCCN3)n2)c(F)c1. The molecule has 0 radical (unpaired) electrons. The van der Waals surface area contributed by atoms with E-state index in [1.807, 2.05) is 0 Å². The van der Waals surface area contributed by atoms with Gasteiger partial charge in [0, 0.05) is 6.07 Å². The fourth-order valence-electron chi connectivity index (χ4n) is 2.14. The smallest absolute Gasteiger partial charge is 0.184 e. The van der Waals surface area contributed by atoms with Crippen LogP contribution in [-0.4, -0.2) is 21.7 Å². The van der Waals surface area contributed by atoms with Crippen LogP contribution >= 0.6 is 0 Å². The van der Waals surface area contributed by atoms with Gasteiger partial charge in [-0.15, -0.1) is 0 Å². The summed E-state index contributed by atoms with van der Waals surface area (Å²) in [5.41, 5.74) is 0.205. The monoisotopic (exact) mass is 250 g/mol. The largest absolute Gasteiger partial charge is 0.307 e. The van der Waals surface area contributed by atoms with Crippen LogP contribution in [0.3, 0.4) is 0 Å². The molecular weight excluding hydrogens is 238 g/mol. The van der Waals surface area contributed by atoms with Crippen molar-refractivity contribution in [1.82, 2.24) is 20.5 Å². The van der Waals surface area contributed by atoms with Crippen LogP contribution < -0.4 is 5.32 Å². The Balaban J connectivity index is 1.92. The Kier molecular flexibility index (Phi) is 2.79. The highest BCUT2D eigenvalue weighted by Crippen LogP contribution is 2.24. The molecule has 0 aliphatic carbocycles. The third kappa shape index (κ3) is 1.99. The zero-order valence-corrected chi connectivity index (χ0v) is 9.58. The molecule has 1 fully saturated rings. The van der Waals surface area contributed by atoms with Gasteiger partial charge in [0.25, 0.3) is 0 Å². The third-order valence-corrected chi connectivity index (χ3v) is 3.07. The lowest BCUT2D eigenvalue weighted by molar-refractivity contribution is 0.585. The number of nitrogens with one attached hydrogen (secondary N) is 2. The highest BCUT2D eigenvalue weighted by Gasteiger charge is 2.21. The molecule has 1 unspecified atom stereocenters. The molecule has 0 saturated carbocycles. The van der Waals surface area contributed by atoms with Crippen LogP contribution in [0.5, 0.6) is 0 Å². The van der Waals surface area contributed by atoms with Gasteiger partial charge < -0.3 is 5.32 Å². The van der Waals surface area contributed by atoms with Crippen LogP contribution in [0.25, 0.3) is 11.4 Å². The zero-order chi connectivity index (χ0) is 12.5. The van der Waals surface area contributed by atoms with Crippen molar-refractivity contribution in [3.05, 3.63) is 35.7 Å². The minimum Gasteiger partial charge on any atom is -0.307 e. The van der Waals surface area contributed by atoms with Gasteiger partial charge in [0.15, 0.2) is 5.82 Å². The highest BCUT2D eigenvalue weighted by atomic mass is 19.1. The van der Waals surface area contributed by atoms with Crippen molar-refractivity contribution in [2.45, 2.75) is 18.9 Å². The second-order valence-corrected chi connectivity index (χ2v) is 4.32. The second-order valence-electron chi connectivity index (χ2n) is 4.32. The van der Waals surface area contributed by atoms with Crippen LogP contribution in [0.4, 0.5) is 8.78 Å². The van der Waals surface area contributed by atoms with E-state index in [1.54, 1.807) is 0 Å². The summed E-state index contributed by atoms with van der Waals surface area (Å²) in [6.07, 6.45) is 2.08. The fourth-order valence-corrected chi connectivity index (χ4v) is 2.14. The maximum atomic E-state index is 13.6. The van der Waals surface area contributed by atoms with Crippen LogP contribution in [0.15, 0.2) is 18.2 Å². The molecule has 3 rings (SSSR count). The molecule has 1 aromatic carbocycles. The van der Waals surface area contributed by atoms with E-state index in [4.69, 9.17) is 0 Å². The van der Waals surface area contributed by atoms with Gasteiger partial charge in [-0.25, -0.2) is 13.8 Å². The second kappa shape index (κ2) is 4.45. The summed E-state index contributed by atoms with van der Waals surface area (Å²) in [6.45, 7) is 0.950. The first kappa shape index (κ1) is 11.3. The summed E-state index contributed by atoms with van der Waals surface area (Å²) < 4.78 is 26.4. The lowest BCUT2D eigenvalue weighted by Gasteiger charge is -2.03. The van der Waals surface area contributed by atoms with E-state index in [9.17, 15) is 8.78 Å². The van der Waals surface area contributed by atoms with Crippen molar-refractivity contribution in [1.29, 1.82) is 0 Å². The molecule has 0 bridgehead atoms. The molecule has 0 spiro atoms. The first-order chi connectivity index (χ1) is 8.74. The van der Waals surface area contributed by atoms with Gasteiger partial charge in [-0.05, 0) is 31.5 Å². The Labute approximate surface area is 102 Å². The fraction of sp³-hybridized carbons (Fsp3) is 0.333. The summed E-state index contributed by atoms with van der Waals surface area (Å²) in [4.78, 5) is 4.26. The van der Waals surface area contributed by atoms with Crippen LogP contribution in [0, 0.1) is 11.6 Å². The Hall–Kier alpha value is -1.82. The molecule has 0 amide bonds. The molecule has 1 atom stereocenters. The van der Waals surface area contributed by atoms with Crippen molar-refractivity contribution in [3.8, 4) is 11.4 Å². The standard InChI is InChI=1S/C12H12F2N4/c13-7-3-4-8(9(14)6-7)11-16-12(18-17-11)10-2-1-5-15-10/h3-4,6,10,15H,1-2,5H2,(H,16,17,18). The number of aromatic amines is 1. The van der Waals surface area contributed by atoms with Gasteiger partial charge in [0.1, 0.15) is 17.5 Å². The molecule has 94 valence electrons. The molecule has 1 saturated heterocycles. The Morgan fingerprint density at radius 1 is 1.28 bits per heavy atom. The normalized spacial score (nSPS) is 19.3. The van der Waals surface area contributed by atoms with E-state index >= 15 is 0 Å². The summed E-state index contributed by atoms with van der Waals surface area (Å²) >= 11 is 0. The van der Waals surface area contributed by atoms with Gasteiger partial charge in [0.05, 0.1) is 11.6 Å². The van der Waals surface area contributed by atoms with Crippen LogP contribution in [0.2, 0.25) is 0 Å². The van der Waals surface area contributed by atoms with E-state index in [2.05, 4.69) is 20.5 Å². The van der Waals surface area contributed by atoms with Gasteiger partial charge >= 0.3 is 0 Å². The summed E-state index contributed by atoms with van der Waals surface area (Å²) in [6, 6.07) is 3.52. The number of hydrogen-bond acceptors (Lipinski definition) is 3. The van der Waals surface area contributed by atoms with Crippen LogP contribution in [-0.2, 0) is 0 Å². The van der Waals surface area contributed by atoms with E-state index in [0.717, 1.165) is 25.5 Å². The first-order valence-corrected chi connectivity index (χ1v) is 5.85. The zero-order valence-electron chi connectivity index (χ0n) is 9.58. The van der Waals surface area contributed by atoms with E-state index in [-0.39, 0.29) is 17.4 Å². The third-order valence-electron chi connectivity index (χ3n) is 3.07. The summed E-state index contributed by atoms with van der Waals surface area (Å²) in [5, 5.41) is 10.1. The van der Waals surface area contributed by atoms with Gasteiger partial charge in [-0.2, -0.15) is 5.10 Å². The van der Waals surface area contributed by atoms with Gasteiger partial charge in [-0.1, -0.05) is 0 Å². The molecule has 4 nitrogen and oxygen atoms in total. The average molecular weight is 250 g/mol. The predicted octanol–water partition coefficient (Wildman–Crippen LogP) is 2.17. The number of nitrogens with zero attached hydrogens (tertiary/aromatic N) is 2. The van der Waals surface area contributed by atoms with Crippen molar-refractivity contribution in [2.75, 3.05) is 6.54 Å². The lowest BCUT2D eigenvalue weighted by atomic mass is 10.2. The van der Waals surface area contributed by atoms with Crippen molar-refractivity contribution >= 4 is 0 Å². The Bertz CT molecular complexity index is 561. The molecule has 2 N–H and O–H groups in total. The molecule has 18 heavy (non-hydrogen) atoms.